The van der Waals surface area contributed by atoms with E-state index < -0.39 is 0 Å². The molecule has 2 nitrogen and oxygen atoms in total. The van der Waals surface area contributed by atoms with Gasteiger partial charge in [0.1, 0.15) is 5.82 Å². The maximum absolute atomic E-state index is 13.8. The fourth-order valence-corrected chi connectivity index (χ4v) is 2.37. The highest BCUT2D eigenvalue weighted by Crippen LogP contribution is 2.24. The number of nitrogens with one attached hydrogen (secondary N) is 1. The molecule has 1 unspecified atom stereocenters. The van der Waals surface area contributed by atoms with Gasteiger partial charge >= 0.3 is 0 Å². The van der Waals surface area contributed by atoms with Gasteiger partial charge in [-0.15, -0.1) is 0 Å². The Kier molecular flexibility index (Phi) is 6.43. The first-order chi connectivity index (χ1) is 8.85. The first-order valence-corrected chi connectivity index (χ1v) is 7.44. The van der Waals surface area contributed by atoms with E-state index in [2.05, 4.69) is 35.1 Å². The van der Waals surface area contributed by atoms with Crippen LogP contribution in [0.2, 0.25) is 0 Å². The highest BCUT2D eigenvalue weighted by Gasteiger charge is 2.19. The Labute approximate surface area is 123 Å². The zero-order chi connectivity index (χ0) is 14.5. The second kappa shape index (κ2) is 7.36. The molecule has 0 fully saturated rings. The fraction of sp³-hybridized carbons (Fsp3) is 0.600. The van der Waals surface area contributed by atoms with Crippen LogP contribution < -0.4 is 5.32 Å². The molecule has 0 amide bonds. The summed E-state index contributed by atoms with van der Waals surface area (Å²) >= 11 is 3.26. The standard InChI is InChI=1S/C15H23BrFNO/c1-11(13-6-5-12(16)9-14(13)17)18-10-15(2,3)7-4-8-19/h5-6,9,11,18-19H,4,7-8,10H2,1-3H3. The molecule has 0 aliphatic rings. The highest BCUT2D eigenvalue weighted by molar-refractivity contribution is 9.10. The van der Waals surface area contributed by atoms with E-state index in [0.717, 1.165) is 23.9 Å². The smallest absolute Gasteiger partial charge is 0.129 e. The molecule has 1 aromatic rings. The van der Waals surface area contributed by atoms with Gasteiger partial charge < -0.3 is 10.4 Å². The molecule has 0 bridgehead atoms. The lowest BCUT2D eigenvalue weighted by Crippen LogP contribution is -2.31. The molecule has 0 radical (unpaired) electrons. The molecule has 1 atom stereocenters. The maximum atomic E-state index is 13.8. The Bertz CT molecular complexity index is 409. The van der Waals surface area contributed by atoms with Gasteiger partial charge in [-0.05, 0) is 37.3 Å². The summed E-state index contributed by atoms with van der Waals surface area (Å²) in [7, 11) is 0. The van der Waals surface area contributed by atoms with E-state index in [1.165, 1.54) is 6.07 Å². The lowest BCUT2D eigenvalue weighted by atomic mass is 9.87. The van der Waals surface area contributed by atoms with E-state index in [-0.39, 0.29) is 23.9 Å². The summed E-state index contributed by atoms with van der Waals surface area (Å²) in [4.78, 5) is 0. The third-order valence-electron chi connectivity index (χ3n) is 3.33. The molecular weight excluding hydrogens is 309 g/mol. The SMILES string of the molecule is CC(NCC(C)(C)CCCO)c1ccc(Br)cc1F. The van der Waals surface area contributed by atoms with Crippen LogP contribution in [0, 0.1) is 11.2 Å². The van der Waals surface area contributed by atoms with E-state index in [1.54, 1.807) is 6.07 Å². The van der Waals surface area contributed by atoms with Crippen molar-refractivity contribution in [3.63, 3.8) is 0 Å². The number of aliphatic hydroxyl groups is 1. The second-order valence-corrected chi connectivity index (χ2v) is 6.68. The van der Waals surface area contributed by atoms with Gasteiger partial charge in [-0.1, -0.05) is 35.8 Å². The van der Waals surface area contributed by atoms with Crippen molar-refractivity contribution in [3.8, 4) is 0 Å². The molecule has 0 saturated heterocycles. The van der Waals surface area contributed by atoms with Crippen LogP contribution in [0.15, 0.2) is 22.7 Å². The normalized spacial score (nSPS) is 13.6. The van der Waals surface area contributed by atoms with Crippen LogP contribution in [0.25, 0.3) is 0 Å². The number of rotatable bonds is 7. The summed E-state index contributed by atoms with van der Waals surface area (Å²) in [5, 5.41) is 12.2. The maximum Gasteiger partial charge on any atom is 0.129 e. The van der Waals surface area contributed by atoms with Gasteiger partial charge in [-0.2, -0.15) is 0 Å². The molecule has 4 heteroatoms. The van der Waals surface area contributed by atoms with Crippen LogP contribution in [0.4, 0.5) is 4.39 Å². The Morgan fingerprint density at radius 3 is 2.68 bits per heavy atom. The van der Waals surface area contributed by atoms with Gasteiger partial charge in [-0.3, -0.25) is 0 Å². The van der Waals surface area contributed by atoms with Crippen molar-refractivity contribution in [3.05, 3.63) is 34.1 Å². The van der Waals surface area contributed by atoms with E-state index in [0.29, 0.717) is 5.56 Å². The third kappa shape index (κ3) is 5.59. The van der Waals surface area contributed by atoms with Crippen LogP contribution in [0.5, 0.6) is 0 Å². The van der Waals surface area contributed by atoms with E-state index in [9.17, 15) is 4.39 Å². The molecule has 1 rings (SSSR count). The quantitative estimate of drug-likeness (QED) is 0.790. The van der Waals surface area contributed by atoms with Crippen molar-refractivity contribution >= 4 is 15.9 Å². The van der Waals surface area contributed by atoms with Crippen LogP contribution in [0.1, 0.15) is 45.2 Å². The van der Waals surface area contributed by atoms with Gasteiger partial charge in [-0.25, -0.2) is 4.39 Å². The Morgan fingerprint density at radius 1 is 1.42 bits per heavy atom. The van der Waals surface area contributed by atoms with Gasteiger partial charge in [0.2, 0.25) is 0 Å². The molecule has 2 N–H and O–H groups in total. The minimum Gasteiger partial charge on any atom is -0.396 e. The summed E-state index contributed by atoms with van der Waals surface area (Å²) in [5.41, 5.74) is 0.782. The minimum absolute atomic E-state index is 0.0264. The second-order valence-electron chi connectivity index (χ2n) is 5.76. The van der Waals surface area contributed by atoms with Crippen LogP contribution in [0.3, 0.4) is 0 Å². The topological polar surface area (TPSA) is 32.3 Å². The fourth-order valence-electron chi connectivity index (χ4n) is 2.04. The summed E-state index contributed by atoms with van der Waals surface area (Å²) in [6.07, 6.45) is 1.75. The van der Waals surface area contributed by atoms with Crippen molar-refractivity contribution in [1.82, 2.24) is 5.32 Å². The number of hydrogen-bond donors (Lipinski definition) is 2. The zero-order valence-electron chi connectivity index (χ0n) is 11.8. The molecule has 19 heavy (non-hydrogen) atoms. The molecule has 0 aromatic heterocycles. The van der Waals surface area contributed by atoms with Crippen molar-refractivity contribution < 1.29 is 9.50 Å². The summed E-state index contributed by atoms with van der Waals surface area (Å²) in [5.74, 6) is -0.192. The zero-order valence-corrected chi connectivity index (χ0v) is 13.4. The van der Waals surface area contributed by atoms with Gasteiger partial charge in [0, 0.05) is 29.2 Å². The molecule has 1 aromatic carbocycles. The third-order valence-corrected chi connectivity index (χ3v) is 3.82. The van der Waals surface area contributed by atoms with Crippen molar-refractivity contribution in [2.24, 2.45) is 5.41 Å². The highest BCUT2D eigenvalue weighted by atomic mass is 79.9. The summed E-state index contributed by atoms with van der Waals surface area (Å²) in [6, 6.07) is 5.12. The van der Waals surface area contributed by atoms with Crippen LogP contribution >= 0.6 is 15.9 Å². The largest absolute Gasteiger partial charge is 0.396 e. The Hall–Kier alpha value is -0.450. The molecular formula is C15H23BrFNO. The van der Waals surface area contributed by atoms with Gasteiger partial charge in [0.15, 0.2) is 0 Å². The van der Waals surface area contributed by atoms with E-state index in [4.69, 9.17) is 5.11 Å². The van der Waals surface area contributed by atoms with E-state index >= 15 is 0 Å². The first-order valence-electron chi connectivity index (χ1n) is 6.65. The first kappa shape index (κ1) is 16.6. The van der Waals surface area contributed by atoms with E-state index in [1.807, 2.05) is 13.0 Å². The molecule has 0 heterocycles. The summed E-state index contributed by atoms with van der Waals surface area (Å²) in [6.45, 7) is 7.29. The number of aliphatic hydroxyl groups excluding tert-OH is 1. The molecule has 0 aliphatic carbocycles. The minimum atomic E-state index is -0.192. The van der Waals surface area contributed by atoms with Crippen molar-refractivity contribution in [2.75, 3.05) is 13.2 Å². The van der Waals surface area contributed by atoms with Crippen molar-refractivity contribution in [2.45, 2.75) is 39.7 Å². The number of halogens is 2. The van der Waals surface area contributed by atoms with Crippen LogP contribution in [-0.2, 0) is 0 Å². The average molecular weight is 332 g/mol. The van der Waals surface area contributed by atoms with Gasteiger partial charge in [0.25, 0.3) is 0 Å². The Balaban J connectivity index is 2.57. The Morgan fingerprint density at radius 2 is 2.11 bits per heavy atom. The van der Waals surface area contributed by atoms with Gasteiger partial charge in [0.05, 0.1) is 0 Å². The molecule has 108 valence electrons. The predicted molar refractivity (Wildman–Crippen MR) is 80.6 cm³/mol. The van der Waals surface area contributed by atoms with Crippen molar-refractivity contribution in [1.29, 1.82) is 0 Å². The lowest BCUT2D eigenvalue weighted by Gasteiger charge is -2.27. The molecule has 0 spiro atoms. The van der Waals surface area contributed by atoms with Crippen LogP contribution in [-0.4, -0.2) is 18.3 Å². The monoisotopic (exact) mass is 331 g/mol. The average Bonchev–Trinajstić information content (AvgIpc) is 2.34. The number of hydrogen-bond acceptors (Lipinski definition) is 2. The molecule has 0 aliphatic heterocycles. The summed E-state index contributed by atoms with van der Waals surface area (Å²) < 4.78 is 14.6. The lowest BCUT2D eigenvalue weighted by molar-refractivity contribution is 0.232. The number of benzene rings is 1. The predicted octanol–water partition coefficient (Wildman–Crippen LogP) is 4.04. The molecule has 0 saturated carbocycles.